The van der Waals surface area contributed by atoms with Gasteiger partial charge in [-0.2, -0.15) is 0 Å². The molecule has 0 spiro atoms. The van der Waals surface area contributed by atoms with Crippen LogP contribution in [-0.2, 0) is 6.42 Å². The smallest absolute Gasteiger partial charge is 0.147 e. The maximum absolute atomic E-state index is 5.88. The summed E-state index contributed by atoms with van der Waals surface area (Å²) in [7, 11) is 0. The van der Waals surface area contributed by atoms with Crippen molar-refractivity contribution in [1.82, 2.24) is 14.9 Å². The molecule has 0 radical (unpaired) electrons. The molecule has 29 heavy (non-hydrogen) atoms. The molecule has 1 fully saturated rings. The molecule has 0 saturated carbocycles. The molecule has 6 nitrogen and oxygen atoms in total. The van der Waals surface area contributed by atoms with Crippen molar-refractivity contribution in [3.05, 3.63) is 48.2 Å². The Morgan fingerprint density at radius 3 is 2.59 bits per heavy atom. The molecule has 5 rings (SSSR count). The molecule has 1 aromatic heterocycles. The van der Waals surface area contributed by atoms with Gasteiger partial charge in [-0.1, -0.05) is 32.0 Å². The van der Waals surface area contributed by atoms with Crippen molar-refractivity contribution in [2.24, 2.45) is 10.7 Å². The van der Waals surface area contributed by atoms with Gasteiger partial charge in [-0.25, -0.2) is 9.98 Å². The third-order valence-electron chi connectivity index (χ3n) is 6.10. The van der Waals surface area contributed by atoms with Crippen LogP contribution in [0.4, 0.5) is 11.5 Å². The third-order valence-corrected chi connectivity index (χ3v) is 6.10. The van der Waals surface area contributed by atoms with Gasteiger partial charge in [-0.3, -0.25) is 9.88 Å². The number of benzene rings is 2. The van der Waals surface area contributed by atoms with Crippen molar-refractivity contribution in [3.63, 3.8) is 0 Å². The molecule has 0 aliphatic carbocycles. The van der Waals surface area contributed by atoms with E-state index in [0.29, 0.717) is 11.9 Å². The SMILES string of the molecule is CCN(CC)C1CN(c2cnc3ccc(-c4ccc5c(c4)N=C(N)C5)cc3n2)C1. The Morgan fingerprint density at radius 2 is 1.79 bits per heavy atom. The highest BCUT2D eigenvalue weighted by Gasteiger charge is 2.31. The molecule has 3 aromatic rings. The van der Waals surface area contributed by atoms with Gasteiger partial charge in [0, 0.05) is 25.6 Å². The van der Waals surface area contributed by atoms with Crippen LogP contribution in [0.15, 0.2) is 47.6 Å². The number of fused-ring (bicyclic) bond motifs is 2. The number of hydrogen-bond donors (Lipinski definition) is 1. The lowest BCUT2D eigenvalue weighted by atomic mass is 10.0. The van der Waals surface area contributed by atoms with Gasteiger partial charge in [0.1, 0.15) is 11.7 Å². The maximum atomic E-state index is 5.88. The van der Waals surface area contributed by atoms with Crippen LogP contribution in [0.3, 0.4) is 0 Å². The predicted molar refractivity (Wildman–Crippen MR) is 119 cm³/mol. The highest BCUT2D eigenvalue weighted by molar-refractivity contribution is 5.92. The third kappa shape index (κ3) is 3.23. The zero-order valence-electron chi connectivity index (χ0n) is 17.0. The van der Waals surface area contributed by atoms with Gasteiger partial charge in [0.05, 0.1) is 22.9 Å². The first-order chi connectivity index (χ1) is 14.1. The van der Waals surface area contributed by atoms with E-state index in [-0.39, 0.29) is 0 Å². The normalized spacial score (nSPS) is 16.2. The maximum Gasteiger partial charge on any atom is 0.147 e. The van der Waals surface area contributed by atoms with Gasteiger partial charge in [-0.05, 0) is 48.0 Å². The average molecular weight is 387 g/mol. The van der Waals surface area contributed by atoms with Gasteiger partial charge >= 0.3 is 0 Å². The van der Waals surface area contributed by atoms with Crippen LogP contribution in [-0.4, -0.2) is 52.9 Å². The van der Waals surface area contributed by atoms with Crippen molar-refractivity contribution < 1.29 is 0 Å². The number of nitrogens with zero attached hydrogens (tertiary/aromatic N) is 5. The summed E-state index contributed by atoms with van der Waals surface area (Å²) in [6.45, 7) is 8.68. The molecule has 2 aliphatic heterocycles. The molecular weight excluding hydrogens is 360 g/mol. The fourth-order valence-electron chi connectivity index (χ4n) is 4.33. The Labute approximate surface area is 171 Å². The molecule has 3 heterocycles. The van der Waals surface area contributed by atoms with E-state index in [0.717, 1.165) is 66.3 Å². The molecule has 148 valence electrons. The number of amidine groups is 1. The van der Waals surface area contributed by atoms with E-state index in [1.807, 2.05) is 12.3 Å². The minimum Gasteiger partial charge on any atom is -0.387 e. The van der Waals surface area contributed by atoms with Crippen LogP contribution in [0.2, 0.25) is 0 Å². The van der Waals surface area contributed by atoms with E-state index in [4.69, 9.17) is 10.7 Å². The molecule has 6 heteroatoms. The van der Waals surface area contributed by atoms with Gasteiger partial charge in [0.15, 0.2) is 0 Å². The van der Waals surface area contributed by atoms with Crippen LogP contribution in [0.25, 0.3) is 22.2 Å². The largest absolute Gasteiger partial charge is 0.387 e. The summed E-state index contributed by atoms with van der Waals surface area (Å²) in [5.41, 5.74) is 12.1. The van der Waals surface area contributed by atoms with E-state index in [9.17, 15) is 0 Å². The molecule has 0 amide bonds. The first-order valence-corrected chi connectivity index (χ1v) is 10.4. The van der Waals surface area contributed by atoms with Gasteiger partial charge in [0.25, 0.3) is 0 Å². The van der Waals surface area contributed by atoms with Crippen LogP contribution in [0.1, 0.15) is 19.4 Å². The summed E-state index contributed by atoms with van der Waals surface area (Å²) in [6, 6.07) is 13.2. The summed E-state index contributed by atoms with van der Waals surface area (Å²) in [4.78, 5) is 18.8. The Balaban J connectivity index is 1.41. The second kappa shape index (κ2) is 7.12. The zero-order valence-corrected chi connectivity index (χ0v) is 17.0. The van der Waals surface area contributed by atoms with Gasteiger partial charge in [-0.15, -0.1) is 0 Å². The van der Waals surface area contributed by atoms with Crippen molar-refractivity contribution in [1.29, 1.82) is 0 Å². The Kier molecular flexibility index (Phi) is 4.43. The second-order valence-electron chi connectivity index (χ2n) is 7.84. The fourth-order valence-corrected chi connectivity index (χ4v) is 4.33. The molecule has 1 saturated heterocycles. The first-order valence-electron chi connectivity index (χ1n) is 10.4. The van der Waals surface area contributed by atoms with Crippen LogP contribution < -0.4 is 10.6 Å². The highest BCUT2D eigenvalue weighted by Crippen LogP contribution is 2.32. The molecule has 0 atom stereocenters. The van der Waals surface area contributed by atoms with Crippen molar-refractivity contribution in [2.75, 3.05) is 31.1 Å². The monoisotopic (exact) mass is 386 g/mol. The number of nitrogens with two attached hydrogens (primary N) is 1. The number of likely N-dealkylation sites (N-methyl/N-ethyl adjacent to an activating group) is 1. The quantitative estimate of drug-likeness (QED) is 0.728. The van der Waals surface area contributed by atoms with Crippen LogP contribution in [0, 0.1) is 0 Å². The fraction of sp³-hybridized carbons (Fsp3) is 0.348. The number of aliphatic imine (C=N–C) groups is 1. The van der Waals surface area contributed by atoms with Gasteiger partial charge in [0.2, 0.25) is 0 Å². The van der Waals surface area contributed by atoms with Crippen molar-refractivity contribution in [3.8, 4) is 11.1 Å². The van der Waals surface area contributed by atoms with E-state index in [1.54, 1.807) is 0 Å². The van der Waals surface area contributed by atoms with Gasteiger partial charge < -0.3 is 10.6 Å². The molecule has 0 bridgehead atoms. The second-order valence-corrected chi connectivity index (χ2v) is 7.84. The summed E-state index contributed by atoms with van der Waals surface area (Å²) < 4.78 is 0. The van der Waals surface area contributed by atoms with Crippen molar-refractivity contribution in [2.45, 2.75) is 26.3 Å². The molecule has 0 unspecified atom stereocenters. The van der Waals surface area contributed by atoms with E-state index >= 15 is 0 Å². The Bertz CT molecular complexity index is 1100. The zero-order chi connectivity index (χ0) is 20.0. The summed E-state index contributed by atoms with van der Waals surface area (Å²) in [5, 5.41) is 0. The lowest BCUT2D eigenvalue weighted by molar-refractivity contribution is 0.183. The molecule has 2 aromatic carbocycles. The van der Waals surface area contributed by atoms with E-state index in [1.165, 1.54) is 5.56 Å². The predicted octanol–water partition coefficient (Wildman–Crippen LogP) is 3.37. The van der Waals surface area contributed by atoms with E-state index < -0.39 is 0 Å². The summed E-state index contributed by atoms with van der Waals surface area (Å²) >= 11 is 0. The molecule has 2 N–H and O–H groups in total. The van der Waals surface area contributed by atoms with E-state index in [2.05, 4.69) is 64.0 Å². The lowest BCUT2D eigenvalue weighted by Crippen LogP contribution is -2.59. The minimum absolute atomic E-state index is 0.619. The first kappa shape index (κ1) is 18.1. The number of rotatable bonds is 5. The molecular formula is C23H26N6. The lowest BCUT2D eigenvalue weighted by Gasteiger charge is -2.45. The number of hydrogen-bond acceptors (Lipinski definition) is 6. The highest BCUT2D eigenvalue weighted by atomic mass is 15.3. The van der Waals surface area contributed by atoms with Crippen LogP contribution in [0.5, 0.6) is 0 Å². The van der Waals surface area contributed by atoms with Crippen molar-refractivity contribution >= 4 is 28.4 Å². The Morgan fingerprint density at radius 1 is 1.03 bits per heavy atom. The average Bonchev–Trinajstić information content (AvgIpc) is 3.08. The Hall–Kier alpha value is -2.99. The molecule has 2 aliphatic rings. The summed E-state index contributed by atoms with van der Waals surface area (Å²) in [5.74, 6) is 1.65. The standard InChI is InChI=1S/C23H26N6/c1-3-28(4-2)18-13-29(14-18)23-12-25-19-8-7-16(10-21(19)27-23)15-5-6-17-11-22(24)26-20(17)9-15/h5-10,12,18H,3-4,11,13-14H2,1-2H3,(H2,24,26). The topological polar surface area (TPSA) is 70.6 Å². The minimum atomic E-state index is 0.619. The summed E-state index contributed by atoms with van der Waals surface area (Å²) in [6.07, 6.45) is 2.64. The number of anilines is 1. The number of aromatic nitrogens is 2. The van der Waals surface area contributed by atoms with Crippen LogP contribution >= 0.6 is 0 Å².